The molecule has 0 saturated carbocycles. The molecule has 1 fully saturated rings. The van der Waals surface area contributed by atoms with Gasteiger partial charge in [0.1, 0.15) is 5.82 Å². The molecule has 4 rings (SSSR count). The standard InChI is InChI=1S/C19H24N6/c1-13-6-4-8-15-16(13)23-17(22-15)14-7-5-11-25(12-14)19-18(24(2)3)20-9-10-21-19/h4,6,8-10,14H,5,7,11-12H2,1-3H3,(H,22,23). The number of nitrogens with one attached hydrogen (secondary N) is 1. The number of piperidine rings is 1. The molecule has 0 spiro atoms. The van der Waals surface area contributed by atoms with Gasteiger partial charge in [0, 0.05) is 45.5 Å². The Bertz CT molecular complexity index is 885. The van der Waals surface area contributed by atoms with Gasteiger partial charge in [-0.15, -0.1) is 0 Å². The smallest absolute Gasteiger partial charge is 0.171 e. The molecule has 0 aliphatic carbocycles. The molecule has 130 valence electrons. The normalized spacial score (nSPS) is 17.9. The van der Waals surface area contributed by atoms with Crippen molar-refractivity contribution in [3.05, 3.63) is 42.0 Å². The minimum Gasteiger partial charge on any atom is -0.360 e. The van der Waals surface area contributed by atoms with Crippen molar-refractivity contribution in [2.24, 2.45) is 0 Å². The second-order valence-electron chi connectivity index (χ2n) is 6.98. The number of hydrogen-bond acceptors (Lipinski definition) is 5. The molecular formula is C19H24N6. The number of aromatic amines is 1. The first-order valence-corrected chi connectivity index (χ1v) is 8.82. The highest BCUT2D eigenvalue weighted by atomic mass is 15.3. The molecule has 1 unspecified atom stereocenters. The van der Waals surface area contributed by atoms with Crippen molar-refractivity contribution in [3.63, 3.8) is 0 Å². The summed E-state index contributed by atoms with van der Waals surface area (Å²) in [7, 11) is 4.02. The number of nitrogens with zero attached hydrogens (tertiary/aromatic N) is 5. The van der Waals surface area contributed by atoms with E-state index in [4.69, 9.17) is 4.98 Å². The fraction of sp³-hybridized carbons (Fsp3) is 0.421. The van der Waals surface area contributed by atoms with Crippen molar-refractivity contribution in [1.29, 1.82) is 0 Å². The quantitative estimate of drug-likeness (QED) is 0.796. The summed E-state index contributed by atoms with van der Waals surface area (Å²) in [6.07, 6.45) is 5.80. The van der Waals surface area contributed by atoms with Crippen LogP contribution < -0.4 is 9.80 Å². The summed E-state index contributed by atoms with van der Waals surface area (Å²) < 4.78 is 0. The van der Waals surface area contributed by atoms with Crippen LogP contribution in [-0.2, 0) is 0 Å². The highest BCUT2D eigenvalue weighted by Gasteiger charge is 2.27. The Morgan fingerprint density at radius 3 is 2.84 bits per heavy atom. The zero-order chi connectivity index (χ0) is 17.4. The first-order chi connectivity index (χ1) is 12.1. The molecule has 25 heavy (non-hydrogen) atoms. The second-order valence-corrected chi connectivity index (χ2v) is 6.98. The van der Waals surface area contributed by atoms with Crippen LogP contribution in [0.1, 0.15) is 30.1 Å². The van der Waals surface area contributed by atoms with E-state index >= 15 is 0 Å². The van der Waals surface area contributed by atoms with Crippen LogP contribution in [-0.4, -0.2) is 47.1 Å². The van der Waals surface area contributed by atoms with Gasteiger partial charge in [-0.3, -0.25) is 0 Å². The van der Waals surface area contributed by atoms with Gasteiger partial charge in [0.2, 0.25) is 0 Å². The minimum absolute atomic E-state index is 0.387. The number of rotatable bonds is 3. The molecule has 1 aliphatic heterocycles. The molecule has 2 aromatic heterocycles. The number of aromatic nitrogens is 4. The average molecular weight is 336 g/mol. The van der Waals surface area contributed by atoms with Crippen LogP contribution >= 0.6 is 0 Å². The van der Waals surface area contributed by atoms with E-state index in [1.54, 1.807) is 12.4 Å². The summed E-state index contributed by atoms with van der Waals surface area (Å²) in [5, 5.41) is 0. The van der Waals surface area contributed by atoms with Gasteiger partial charge in [-0.25, -0.2) is 15.0 Å². The zero-order valence-electron chi connectivity index (χ0n) is 15.0. The molecule has 3 aromatic rings. The van der Waals surface area contributed by atoms with E-state index in [1.165, 1.54) is 5.56 Å². The Hall–Kier alpha value is -2.63. The third-order valence-electron chi connectivity index (χ3n) is 4.92. The Labute approximate surface area is 147 Å². The van der Waals surface area contributed by atoms with Crippen LogP contribution in [0, 0.1) is 6.92 Å². The van der Waals surface area contributed by atoms with Gasteiger partial charge < -0.3 is 14.8 Å². The lowest BCUT2D eigenvalue weighted by molar-refractivity contribution is 0.492. The fourth-order valence-electron chi connectivity index (χ4n) is 3.64. The number of benzene rings is 1. The molecule has 1 saturated heterocycles. The molecule has 0 amide bonds. The molecule has 1 aliphatic rings. The largest absolute Gasteiger partial charge is 0.360 e. The summed E-state index contributed by atoms with van der Waals surface area (Å²) in [6, 6.07) is 6.30. The van der Waals surface area contributed by atoms with Gasteiger partial charge in [0.05, 0.1) is 11.0 Å². The van der Waals surface area contributed by atoms with Crippen LogP contribution in [0.15, 0.2) is 30.6 Å². The SMILES string of the molecule is Cc1cccc2[nH]c(C3CCCN(c4nccnc4N(C)C)C3)nc12. The molecule has 6 heteroatoms. The molecule has 1 atom stereocenters. The fourth-order valence-corrected chi connectivity index (χ4v) is 3.64. The Balaban J connectivity index is 1.64. The number of imidazole rings is 1. The van der Waals surface area contributed by atoms with Crippen molar-refractivity contribution in [2.75, 3.05) is 37.0 Å². The van der Waals surface area contributed by atoms with E-state index in [2.05, 4.69) is 45.0 Å². The van der Waals surface area contributed by atoms with Crippen LogP contribution in [0.4, 0.5) is 11.6 Å². The van der Waals surface area contributed by atoms with Crippen LogP contribution in [0.5, 0.6) is 0 Å². The second kappa shape index (κ2) is 6.35. The van der Waals surface area contributed by atoms with Crippen molar-refractivity contribution in [2.45, 2.75) is 25.7 Å². The van der Waals surface area contributed by atoms with E-state index in [0.717, 1.165) is 54.4 Å². The van der Waals surface area contributed by atoms with Gasteiger partial charge >= 0.3 is 0 Å². The lowest BCUT2D eigenvalue weighted by atomic mass is 9.97. The zero-order valence-corrected chi connectivity index (χ0v) is 15.0. The first kappa shape index (κ1) is 15.9. The summed E-state index contributed by atoms with van der Waals surface area (Å²) in [6.45, 7) is 4.04. The highest BCUT2D eigenvalue weighted by molar-refractivity contribution is 5.78. The van der Waals surface area contributed by atoms with E-state index in [0.29, 0.717) is 5.92 Å². The van der Waals surface area contributed by atoms with Crippen molar-refractivity contribution in [1.82, 2.24) is 19.9 Å². The van der Waals surface area contributed by atoms with Gasteiger partial charge in [-0.05, 0) is 31.4 Å². The van der Waals surface area contributed by atoms with Gasteiger partial charge in [0.15, 0.2) is 11.6 Å². The molecular weight excluding hydrogens is 312 g/mol. The molecule has 0 bridgehead atoms. The monoisotopic (exact) mass is 336 g/mol. The first-order valence-electron chi connectivity index (χ1n) is 8.82. The molecule has 6 nitrogen and oxygen atoms in total. The maximum Gasteiger partial charge on any atom is 0.171 e. The van der Waals surface area contributed by atoms with Crippen molar-refractivity contribution < 1.29 is 0 Å². The number of anilines is 2. The van der Waals surface area contributed by atoms with E-state index in [9.17, 15) is 0 Å². The third-order valence-corrected chi connectivity index (χ3v) is 4.92. The average Bonchev–Trinajstić information content (AvgIpc) is 3.08. The Morgan fingerprint density at radius 2 is 2.04 bits per heavy atom. The number of fused-ring (bicyclic) bond motifs is 1. The third kappa shape index (κ3) is 2.92. The number of H-pyrrole nitrogens is 1. The van der Waals surface area contributed by atoms with E-state index < -0.39 is 0 Å². The molecule has 1 N–H and O–H groups in total. The van der Waals surface area contributed by atoms with Crippen LogP contribution in [0.25, 0.3) is 11.0 Å². The van der Waals surface area contributed by atoms with Gasteiger partial charge in [0.25, 0.3) is 0 Å². The summed E-state index contributed by atoms with van der Waals surface area (Å²) >= 11 is 0. The number of para-hydroxylation sites is 1. The van der Waals surface area contributed by atoms with Crippen molar-refractivity contribution in [3.8, 4) is 0 Å². The summed E-state index contributed by atoms with van der Waals surface area (Å²) in [5.74, 6) is 3.36. The molecule has 1 aromatic carbocycles. The number of aryl methyl sites for hydroxylation is 1. The predicted molar refractivity (Wildman–Crippen MR) is 101 cm³/mol. The van der Waals surface area contributed by atoms with Crippen LogP contribution in [0.2, 0.25) is 0 Å². The van der Waals surface area contributed by atoms with Crippen LogP contribution in [0.3, 0.4) is 0 Å². The summed E-state index contributed by atoms with van der Waals surface area (Å²) in [4.78, 5) is 21.9. The molecule has 0 radical (unpaired) electrons. The molecule has 3 heterocycles. The minimum atomic E-state index is 0.387. The van der Waals surface area contributed by atoms with E-state index in [-0.39, 0.29) is 0 Å². The van der Waals surface area contributed by atoms with Gasteiger partial charge in [-0.2, -0.15) is 0 Å². The lowest BCUT2D eigenvalue weighted by Gasteiger charge is -2.34. The maximum absolute atomic E-state index is 4.89. The topological polar surface area (TPSA) is 60.9 Å². The summed E-state index contributed by atoms with van der Waals surface area (Å²) in [5.41, 5.74) is 3.43. The predicted octanol–water partition coefficient (Wildman–Crippen LogP) is 3.11. The Kier molecular flexibility index (Phi) is 4.03. The van der Waals surface area contributed by atoms with Crippen molar-refractivity contribution >= 4 is 22.7 Å². The van der Waals surface area contributed by atoms with Gasteiger partial charge in [-0.1, -0.05) is 12.1 Å². The Morgan fingerprint density at radius 1 is 1.20 bits per heavy atom. The lowest BCUT2D eigenvalue weighted by Crippen LogP contribution is -2.36. The number of hydrogen-bond donors (Lipinski definition) is 1. The van der Waals surface area contributed by atoms with E-state index in [1.807, 2.05) is 19.0 Å². The maximum atomic E-state index is 4.89. The highest BCUT2D eigenvalue weighted by Crippen LogP contribution is 2.32.